The highest BCUT2D eigenvalue weighted by Gasteiger charge is 2.14. The second kappa shape index (κ2) is 6.91. The number of non-ortho nitro benzene ring substituents is 1. The summed E-state index contributed by atoms with van der Waals surface area (Å²) < 4.78 is 15.3. The molecule has 0 aliphatic heterocycles. The number of aromatic nitrogens is 2. The fourth-order valence-electron chi connectivity index (χ4n) is 2.28. The van der Waals surface area contributed by atoms with Gasteiger partial charge in [0.15, 0.2) is 0 Å². The van der Waals surface area contributed by atoms with E-state index in [1.165, 1.54) is 6.20 Å². The zero-order valence-electron chi connectivity index (χ0n) is 12.9. The van der Waals surface area contributed by atoms with Gasteiger partial charge in [0.1, 0.15) is 5.82 Å². The summed E-state index contributed by atoms with van der Waals surface area (Å²) in [6.45, 7) is 0. The molecule has 1 amide bonds. The van der Waals surface area contributed by atoms with Crippen molar-refractivity contribution >= 4 is 17.3 Å². The van der Waals surface area contributed by atoms with E-state index in [9.17, 15) is 19.3 Å². The van der Waals surface area contributed by atoms with Gasteiger partial charge in [-0.25, -0.2) is 9.07 Å². The Bertz CT molecular complexity index is 925. The molecule has 3 aromatic rings. The van der Waals surface area contributed by atoms with Crippen molar-refractivity contribution in [3.05, 3.63) is 82.4 Å². The summed E-state index contributed by atoms with van der Waals surface area (Å²) in [6, 6.07) is 12.3. The normalized spacial score (nSPS) is 10.4. The Morgan fingerprint density at radius 2 is 2.00 bits per heavy atom. The number of rotatable bonds is 5. The standard InChI is InChI=1S/C17H13FN4O3/c18-15-7-6-14(22(24)25)9-16(15)20-17(23)8-12-10-19-21(11-12)13-4-2-1-3-5-13/h1-7,9-11H,8H2,(H,20,23). The first-order valence-electron chi connectivity index (χ1n) is 7.36. The quantitative estimate of drug-likeness (QED) is 0.571. The summed E-state index contributed by atoms with van der Waals surface area (Å²) in [5.41, 5.74) is 0.953. The molecule has 1 aromatic heterocycles. The smallest absolute Gasteiger partial charge is 0.271 e. The minimum absolute atomic E-state index is 0.0328. The number of nitrogens with one attached hydrogen (secondary N) is 1. The van der Waals surface area contributed by atoms with E-state index in [-0.39, 0.29) is 17.8 Å². The van der Waals surface area contributed by atoms with Gasteiger partial charge in [-0.1, -0.05) is 18.2 Å². The van der Waals surface area contributed by atoms with Gasteiger partial charge in [0.05, 0.1) is 28.9 Å². The molecule has 2 aromatic carbocycles. The van der Waals surface area contributed by atoms with Crippen molar-refractivity contribution in [2.75, 3.05) is 5.32 Å². The fraction of sp³-hybridized carbons (Fsp3) is 0.0588. The zero-order chi connectivity index (χ0) is 17.8. The number of carbonyl (C=O) groups is 1. The minimum Gasteiger partial charge on any atom is -0.323 e. The molecule has 1 N–H and O–H groups in total. The Kier molecular flexibility index (Phi) is 4.51. The number of nitro benzene ring substituents is 1. The molecular weight excluding hydrogens is 327 g/mol. The highest BCUT2D eigenvalue weighted by atomic mass is 19.1. The van der Waals surface area contributed by atoms with Gasteiger partial charge in [-0.15, -0.1) is 0 Å². The Morgan fingerprint density at radius 3 is 2.72 bits per heavy atom. The first kappa shape index (κ1) is 16.3. The summed E-state index contributed by atoms with van der Waals surface area (Å²) in [7, 11) is 0. The van der Waals surface area contributed by atoms with E-state index in [4.69, 9.17) is 0 Å². The minimum atomic E-state index is -0.737. The predicted octanol–water partition coefficient (Wildman–Crippen LogP) is 3.10. The zero-order valence-corrected chi connectivity index (χ0v) is 12.9. The van der Waals surface area contributed by atoms with E-state index in [1.807, 2.05) is 30.3 Å². The summed E-state index contributed by atoms with van der Waals surface area (Å²) in [5.74, 6) is -1.23. The Labute approximate surface area is 141 Å². The summed E-state index contributed by atoms with van der Waals surface area (Å²) in [6.07, 6.45) is 3.20. The Morgan fingerprint density at radius 1 is 1.24 bits per heavy atom. The molecule has 126 valence electrons. The van der Waals surface area contributed by atoms with Crippen molar-refractivity contribution < 1.29 is 14.1 Å². The van der Waals surface area contributed by atoms with Gasteiger partial charge < -0.3 is 5.32 Å². The third-order valence-corrected chi connectivity index (χ3v) is 3.46. The van der Waals surface area contributed by atoms with E-state index in [2.05, 4.69) is 10.4 Å². The number of hydrogen-bond donors (Lipinski definition) is 1. The molecular formula is C17H13FN4O3. The average Bonchev–Trinajstić information content (AvgIpc) is 3.06. The second-order valence-corrected chi connectivity index (χ2v) is 5.27. The number of anilines is 1. The molecule has 0 radical (unpaired) electrons. The predicted molar refractivity (Wildman–Crippen MR) is 89.0 cm³/mol. The lowest BCUT2D eigenvalue weighted by Crippen LogP contribution is -2.15. The first-order chi connectivity index (χ1) is 12.0. The van der Waals surface area contributed by atoms with E-state index >= 15 is 0 Å². The number of nitro groups is 1. The highest BCUT2D eigenvalue weighted by Crippen LogP contribution is 2.21. The second-order valence-electron chi connectivity index (χ2n) is 5.27. The molecule has 0 aliphatic rings. The molecule has 0 bridgehead atoms. The molecule has 0 saturated carbocycles. The van der Waals surface area contributed by atoms with Crippen molar-refractivity contribution in [3.63, 3.8) is 0 Å². The maximum atomic E-state index is 13.7. The number of hydrogen-bond acceptors (Lipinski definition) is 4. The van der Waals surface area contributed by atoms with Gasteiger partial charge in [-0.2, -0.15) is 5.10 Å². The highest BCUT2D eigenvalue weighted by molar-refractivity contribution is 5.92. The summed E-state index contributed by atoms with van der Waals surface area (Å²) in [4.78, 5) is 22.2. The largest absolute Gasteiger partial charge is 0.323 e. The molecule has 1 heterocycles. The molecule has 7 nitrogen and oxygen atoms in total. The average molecular weight is 340 g/mol. The van der Waals surface area contributed by atoms with Gasteiger partial charge in [0.25, 0.3) is 5.69 Å². The lowest BCUT2D eigenvalue weighted by Gasteiger charge is -2.05. The molecule has 0 spiro atoms. The van der Waals surface area contributed by atoms with Crippen molar-refractivity contribution in [3.8, 4) is 5.69 Å². The van der Waals surface area contributed by atoms with Gasteiger partial charge in [0.2, 0.25) is 5.91 Å². The lowest BCUT2D eigenvalue weighted by atomic mass is 10.2. The van der Waals surface area contributed by atoms with Crippen LogP contribution in [0.1, 0.15) is 5.56 Å². The molecule has 25 heavy (non-hydrogen) atoms. The molecule has 0 saturated heterocycles. The van der Waals surface area contributed by atoms with Gasteiger partial charge >= 0.3 is 0 Å². The van der Waals surface area contributed by atoms with Crippen LogP contribution in [0.3, 0.4) is 0 Å². The molecule has 0 fully saturated rings. The topological polar surface area (TPSA) is 90.1 Å². The van der Waals surface area contributed by atoms with Crippen molar-refractivity contribution in [2.45, 2.75) is 6.42 Å². The van der Waals surface area contributed by atoms with Crippen LogP contribution < -0.4 is 5.32 Å². The number of halogens is 1. The van der Waals surface area contributed by atoms with Crippen molar-refractivity contribution in [2.24, 2.45) is 0 Å². The summed E-state index contributed by atoms with van der Waals surface area (Å²) >= 11 is 0. The van der Waals surface area contributed by atoms with Gasteiger partial charge in [-0.3, -0.25) is 14.9 Å². The van der Waals surface area contributed by atoms with Crippen molar-refractivity contribution in [1.82, 2.24) is 9.78 Å². The third kappa shape index (κ3) is 3.86. The molecule has 3 rings (SSSR count). The number of amides is 1. The van der Waals surface area contributed by atoms with E-state index < -0.39 is 16.6 Å². The lowest BCUT2D eigenvalue weighted by molar-refractivity contribution is -0.384. The molecule has 0 atom stereocenters. The van der Waals surface area contributed by atoms with Crippen LogP contribution in [0.15, 0.2) is 60.9 Å². The van der Waals surface area contributed by atoms with Crippen LogP contribution in [0.4, 0.5) is 15.8 Å². The van der Waals surface area contributed by atoms with E-state index in [0.29, 0.717) is 5.56 Å². The molecule has 0 aliphatic carbocycles. The summed E-state index contributed by atoms with van der Waals surface area (Å²) in [5, 5.41) is 17.3. The van der Waals surface area contributed by atoms with Gasteiger partial charge in [0, 0.05) is 18.3 Å². The molecule has 0 unspecified atom stereocenters. The SMILES string of the molecule is O=C(Cc1cnn(-c2ccccc2)c1)Nc1cc([N+](=O)[O-])ccc1F. The Hall–Kier alpha value is -3.55. The first-order valence-corrected chi connectivity index (χ1v) is 7.36. The fourth-order valence-corrected chi connectivity index (χ4v) is 2.28. The van der Waals surface area contributed by atoms with Crippen LogP contribution in [0.25, 0.3) is 5.69 Å². The maximum Gasteiger partial charge on any atom is 0.271 e. The number of nitrogens with zero attached hydrogens (tertiary/aromatic N) is 3. The number of para-hydroxylation sites is 1. The molecule has 8 heteroatoms. The van der Waals surface area contributed by atoms with Crippen LogP contribution in [-0.2, 0) is 11.2 Å². The van der Waals surface area contributed by atoms with E-state index in [0.717, 1.165) is 23.9 Å². The Balaban J connectivity index is 1.70. The van der Waals surface area contributed by atoms with E-state index in [1.54, 1.807) is 10.9 Å². The van der Waals surface area contributed by atoms with Crippen molar-refractivity contribution in [1.29, 1.82) is 0 Å². The van der Waals surface area contributed by atoms with Crippen LogP contribution in [0, 0.1) is 15.9 Å². The van der Waals surface area contributed by atoms with Gasteiger partial charge in [-0.05, 0) is 23.8 Å². The van der Waals surface area contributed by atoms with Crippen LogP contribution >= 0.6 is 0 Å². The number of carbonyl (C=O) groups excluding carboxylic acids is 1. The van der Waals surface area contributed by atoms with Crippen LogP contribution in [0.2, 0.25) is 0 Å². The number of benzene rings is 2. The van der Waals surface area contributed by atoms with Crippen LogP contribution in [-0.4, -0.2) is 20.6 Å². The van der Waals surface area contributed by atoms with Crippen LogP contribution in [0.5, 0.6) is 0 Å². The third-order valence-electron chi connectivity index (χ3n) is 3.46. The maximum absolute atomic E-state index is 13.7. The monoisotopic (exact) mass is 340 g/mol.